The molecule has 1 aliphatic rings. The Balaban J connectivity index is 1.63. The summed E-state index contributed by atoms with van der Waals surface area (Å²) < 4.78 is 5.73. The minimum atomic E-state index is -0.574. The van der Waals surface area contributed by atoms with Crippen molar-refractivity contribution in [3.8, 4) is 17.2 Å². The second kappa shape index (κ2) is 7.94. The Labute approximate surface area is 171 Å². The van der Waals surface area contributed by atoms with Gasteiger partial charge in [-0.15, -0.1) is 0 Å². The number of benzene rings is 2. The summed E-state index contributed by atoms with van der Waals surface area (Å²) in [5.74, 6) is 1.72. The molecule has 1 aromatic heterocycles. The summed E-state index contributed by atoms with van der Waals surface area (Å²) in [6.45, 7) is 4.18. The monoisotopic (exact) mass is 384 g/mol. The predicted molar refractivity (Wildman–Crippen MR) is 115 cm³/mol. The summed E-state index contributed by atoms with van der Waals surface area (Å²) in [6, 6.07) is 22.0. The van der Waals surface area contributed by atoms with Crippen LogP contribution >= 0.6 is 0 Å². The zero-order valence-electron chi connectivity index (χ0n) is 16.7. The van der Waals surface area contributed by atoms with Crippen LogP contribution in [0.3, 0.4) is 0 Å². The molecule has 5 heteroatoms. The number of amidine groups is 1. The normalized spacial score (nSPS) is 18.5. The molecule has 0 radical (unpaired) electrons. The Morgan fingerprint density at radius 2 is 1.90 bits per heavy atom. The molecule has 0 amide bonds. The molecule has 0 fully saturated rings. The molecule has 0 aliphatic carbocycles. The molecule has 1 aliphatic heterocycles. The van der Waals surface area contributed by atoms with Crippen LogP contribution in [0.15, 0.2) is 76.3 Å². The third-order valence-electron chi connectivity index (χ3n) is 5.28. The standard InChI is InChI=1S/C24H24N4O/c1-3-4-15-24(23-10-7-16-29-23)26-18(2)28(27-24)21-13-11-19(12-14-21)22-9-6-5-8-20(22)17-25/h5-14,16,27H,3-4,15H2,1-2H3. The minimum absolute atomic E-state index is 0.574. The Hall–Kier alpha value is -3.36. The van der Waals surface area contributed by atoms with Crippen molar-refractivity contribution in [2.24, 2.45) is 4.99 Å². The fourth-order valence-electron chi connectivity index (χ4n) is 3.78. The number of hydrogen-bond acceptors (Lipinski definition) is 5. The van der Waals surface area contributed by atoms with Crippen LogP contribution in [-0.2, 0) is 5.66 Å². The summed E-state index contributed by atoms with van der Waals surface area (Å²) in [5.41, 5.74) is 6.62. The summed E-state index contributed by atoms with van der Waals surface area (Å²) in [5, 5.41) is 11.4. The lowest BCUT2D eigenvalue weighted by molar-refractivity contribution is 0.277. The Bertz CT molecular complexity index is 1050. The summed E-state index contributed by atoms with van der Waals surface area (Å²) in [6.07, 6.45) is 4.69. The molecule has 0 saturated heterocycles. The average Bonchev–Trinajstić information content (AvgIpc) is 3.41. The fourth-order valence-corrected chi connectivity index (χ4v) is 3.78. The van der Waals surface area contributed by atoms with Crippen molar-refractivity contribution < 1.29 is 4.42 Å². The molecule has 1 atom stereocenters. The van der Waals surface area contributed by atoms with Crippen molar-refractivity contribution in [2.45, 2.75) is 38.8 Å². The Morgan fingerprint density at radius 1 is 1.10 bits per heavy atom. The van der Waals surface area contributed by atoms with E-state index in [2.05, 4.69) is 18.4 Å². The van der Waals surface area contributed by atoms with Gasteiger partial charge in [-0.3, -0.25) is 5.01 Å². The van der Waals surface area contributed by atoms with Crippen LogP contribution in [0.25, 0.3) is 11.1 Å². The van der Waals surface area contributed by atoms with E-state index >= 15 is 0 Å². The van der Waals surface area contributed by atoms with Gasteiger partial charge in [0, 0.05) is 0 Å². The molecule has 3 aromatic rings. The van der Waals surface area contributed by atoms with E-state index in [0.29, 0.717) is 5.56 Å². The van der Waals surface area contributed by atoms with E-state index in [1.165, 1.54) is 0 Å². The van der Waals surface area contributed by atoms with E-state index < -0.39 is 5.66 Å². The van der Waals surface area contributed by atoms with Crippen molar-refractivity contribution in [3.63, 3.8) is 0 Å². The summed E-state index contributed by atoms with van der Waals surface area (Å²) >= 11 is 0. The molecule has 4 rings (SSSR count). The van der Waals surface area contributed by atoms with Crippen molar-refractivity contribution >= 4 is 11.5 Å². The SMILES string of the molecule is CCCCC1(c2ccco2)N=C(C)N(c2ccc(-c3ccccc3C#N)cc2)N1. The van der Waals surface area contributed by atoms with Gasteiger partial charge < -0.3 is 4.42 Å². The van der Waals surface area contributed by atoms with Crippen LogP contribution in [0.2, 0.25) is 0 Å². The van der Waals surface area contributed by atoms with Crippen molar-refractivity contribution in [3.05, 3.63) is 78.3 Å². The van der Waals surface area contributed by atoms with Gasteiger partial charge in [-0.05, 0) is 61.2 Å². The van der Waals surface area contributed by atoms with Gasteiger partial charge in [0.15, 0.2) is 5.66 Å². The maximum atomic E-state index is 9.37. The maximum Gasteiger partial charge on any atom is 0.187 e. The zero-order valence-corrected chi connectivity index (χ0v) is 16.7. The number of aliphatic imine (C=N–C) groups is 1. The molecule has 1 N–H and O–H groups in total. The van der Waals surface area contributed by atoms with Crippen molar-refractivity contribution in [1.82, 2.24) is 5.43 Å². The second-order valence-electron chi connectivity index (χ2n) is 7.25. The molecule has 0 spiro atoms. The topological polar surface area (TPSA) is 64.6 Å². The van der Waals surface area contributed by atoms with Crippen molar-refractivity contribution in [2.75, 3.05) is 5.01 Å². The maximum absolute atomic E-state index is 9.37. The molecule has 29 heavy (non-hydrogen) atoms. The highest BCUT2D eigenvalue weighted by molar-refractivity contribution is 5.97. The van der Waals surface area contributed by atoms with Gasteiger partial charge in [-0.2, -0.15) is 10.7 Å². The molecule has 2 aromatic carbocycles. The summed E-state index contributed by atoms with van der Waals surface area (Å²) in [4.78, 5) is 4.96. The highest BCUT2D eigenvalue weighted by Gasteiger charge is 2.41. The predicted octanol–water partition coefficient (Wildman–Crippen LogP) is 5.60. The largest absolute Gasteiger partial charge is 0.465 e. The Morgan fingerprint density at radius 3 is 2.59 bits per heavy atom. The molecule has 0 bridgehead atoms. The van der Waals surface area contributed by atoms with Gasteiger partial charge in [0.2, 0.25) is 0 Å². The third-order valence-corrected chi connectivity index (χ3v) is 5.28. The van der Waals surface area contributed by atoms with Gasteiger partial charge in [-0.25, -0.2) is 4.99 Å². The van der Waals surface area contributed by atoms with Crippen LogP contribution < -0.4 is 10.4 Å². The first kappa shape index (κ1) is 19.0. The molecular formula is C24H24N4O. The lowest BCUT2D eigenvalue weighted by Crippen LogP contribution is -2.46. The van der Waals surface area contributed by atoms with E-state index in [1.54, 1.807) is 6.26 Å². The molecule has 1 unspecified atom stereocenters. The van der Waals surface area contributed by atoms with Gasteiger partial charge in [0.25, 0.3) is 0 Å². The summed E-state index contributed by atoms with van der Waals surface area (Å²) in [7, 11) is 0. The smallest absolute Gasteiger partial charge is 0.187 e. The van der Waals surface area contributed by atoms with Crippen molar-refractivity contribution in [1.29, 1.82) is 5.26 Å². The van der Waals surface area contributed by atoms with E-state index in [1.807, 2.05) is 72.6 Å². The van der Waals surface area contributed by atoms with Crippen LogP contribution in [0.5, 0.6) is 0 Å². The minimum Gasteiger partial charge on any atom is -0.465 e. The number of nitrogens with zero attached hydrogens (tertiary/aromatic N) is 3. The van der Waals surface area contributed by atoms with Gasteiger partial charge in [-0.1, -0.05) is 43.7 Å². The first-order valence-electron chi connectivity index (χ1n) is 9.95. The van der Waals surface area contributed by atoms with Crippen LogP contribution in [0.4, 0.5) is 5.69 Å². The lowest BCUT2D eigenvalue weighted by atomic mass is 10.0. The Kier molecular flexibility index (Phi) is 5.20. The quantitative estimate of drug-likeness (QED) is 0.600. The lowest BCUT2D eigenvalue weighted by Gasteiger charge is -2.28. The molecule has 2 heterocycles. The number of anilines is 1. The van der Waals surface area contributed by atoms with Gasteiger partial charge >= 0.3 is 0 Å². The third kappa shape index (κ3) is 3.55. The molecule has 5 nitrogen and oxygen atoms in total. The number of furan rings is 1. The van der Waals surface area contributed by atoms with E-state index in [0.717, 1.165) is 47.7 Å². The number of hydrogen-bond donors (Lipinski definition) is 1. The second-order valence-corrected chi connectivity index (χ2v) is 7.25. The number of nitrogens with one attached hydrogen (secondary N) is 1. The number of unbranched alkanes of at least 4 members (excludes halogenated alkanes) is 1. The molecular weight excluding hydrogens is 360 g/mol. The van der Waals surface area contributed by atoms with Crippen LogP contribution in [-0.4, -0.2) is 5.84 Å². The number of rotatable bonds is 6. The van der Waals surface area contributed by atoms with E-state index in [9.17, 15) is 5.26 Å². The average molecular weight is 384 g/mol. The first-order chi connectivity index (χ1) is 14.2. The first-order valence-corrected chi connectivity index (χ1v) is 9.95. The van der Waals surface area contributed by atoms with Gasteiger partial charge in [0.1, 0.15) is 11.6 Å². The molecule has 0 saturated carbocycles. The molecule has 146 valence electrons. The fraction of sp³-hybridized carbons (Fsp3) is 0.250. The number of hydrazine groups is 1. The van der Waals surface area contributed by atoms with Gasteiger partial charge in [0.05, 0.1) is 23.6 Å². The number of nitriles is 1. The van der Waals surface area contributed by atoms with Crippen LogP contribution in [0.1, 0.15) is 44.4 Å². The highest BCUT2D eigenvalue weighted by Crippen LogP contribution is 2.36. The van der Waals surface area contributed by atoms with E-state index in [4.69, 9.17) is 9.41 Å². The zero-order chi connectivity index (χ0) is 20.3. The van der Waals surface area contributed by atoms with Crippen LogP contribution in [0, 0.1) is 11.3 Å². The highest BCUT2D eigenvalue weighted by atomic mass is 16.3. The van der Waals surface area contributed by atoms with E-state index in [-0.39, 0.29) is 0 Å².